The second-order valence-electron chi connectivity index (χ2n) is 4.85. The Morgan fingerprint density at radius 1 is 1.29 bits per heavy atom. The van der Waals surface area contributed by atoms with Crippen LogP contribution in [0.15, 0.2) is 30.3 Å². The molecule has 3 rings (SSSR count). The molecule has 0 spiro atoms. The third-order valence-electron chi connectivity index (χ3n) is 3.45. The molecule has 1 unspecified atom stereocenters. The number of nitrogens with one attached hydrogen (secondary N) is 1. The lowest BCUT2D eigenvalue weighted by Gasteiger charge is -2.22. The molecule has 1 atom stereocenters. The number of benzene rings is 1. The summed E-state index contributed by atoms with van der Waals surface area (Å²) in [5.74, 6) is 8.85. The van der Waals surface area contributed by atoms with E-state index in [4.69, 9.17) is 15.6 Å². The van der Waals surface area contributed by atoms with Gasteiger partial charge in [-0.2, -0.15) is 11.8 Å². The first kappa shape index (κ1) is 14.3. The van der Waals surface area contributed by atoms with Crippen molar-refractivity contribution in [3.05, 3.63) is 41.7 Å². The van der Waals surface area contributed by atoms with E-state index in [9.17, 15) is 0 Å². The summed E-state index contributed by atoms with van der Waals surface area (Å²) in [6.07, 6.45) is -0.0705. The molecule has 2 heterocycles. The van der Waals surface area contributed by atoms with Gasteiger partial charge in [0.25, 0.3) is 0 Å². The summed E-state index contributed by atoms with van der Waals surface area (Å²) in [5.41, 5.74) is 5.56. The van der Waals surface area contributed by atoms with Crippen molar-refractivity contribution in [3.63, 3.8) is 0 Å². The number of anilines is 1. The van der Waals surface area contributed by atoms with E-state index in [0.717, 1.165) is 34.9 Å². The molecule has 3 N–H and O–H groups in total. The molecule has 1 aromatic carbocycles. The molecule has 1 aromatic heterocycles. The number of nitrogens with zero attached hydrogens (tertiary/aromatic N) is 2. The predicted molar refractivity (Wildman–Crippen MR) is 86.0 cm³/mol. The molecule has 0 saturated carbocycles. The number of nitrogen functional groups attached to an aromatic ring is 1. The molecule has 0 amide bonds. The number of hydrazine groups is 1. The fourth-order valence-corrected chi connectivity index (χ4v) is 3.17. The number of rotatable bonds is 3. The zero-order chi connectivity index (χ0) is 14.7. The maximum Gasteiger partial charge on any atom is 0.161 e. The highest BCUT2D eigenvalue weighted by Gasteiger charge is 2.22. The van der Waals surface area contributed by atoms with Gasteiger partial charge in [-0.25, -0.2) is 15.8 Å². The van der Waals surface area contributed by atoms with E-state index in [1.165, 1.54) is 0 Å². The molecule has 21 heavy (non-hydrogen) atoms. The van der Waals surface area contributed by atoms with Gasteiger partial charge in [0.05, 0.1) is 12.3 Å². The molecule has 110 valence electrons. The molecule has 0 aliphatic carbocycles. The van der Waals surface area contributed by atoms with Crippen molar-refractivity contribution in [2.45, 2.75) is 13.0 Å². The van der Waals surface area contributed by atoms with E-state index in [-0.39, 0.29) is 6.10 Å². The Morgan fingerprint density at radius 2 is 2.10 bits per heavy atom. The third-order valence-corrected chi connectivity index (χ3v) is 4.44. The minimum Gasteiger partial charge on any atom is -0.368 e. The van der Waals surface area contributed by atoms with Crippen LogP contribution in [0.25, 0.3) is 11.3 Å². The smallest absolute Gasteiger partial charge is 0.161 e. The van der Waals surface area contributed by atoms with Crippen molar-refractivity contribution in [2.75, 3.05) is 23.5 Å². The molecule has 6 heteroatoms. The minimum absolute atomic E-state index is 0.0705. The number of hydrogen-bond donors (Lipinski definition) is 2. The van der Waals surface area contributed by atoms with E-state index < -0.39 is 0 Å². The minimum atomic E-state index is -0.0705. The number of ether oxygens (including phenoxy) is 1. The number of nitrogens with two attached hydrogens (primary N) is 1. The zero-order valence-electron chi connectivity index (χ0n) is 11.9. The molecule has 1 saturated heterocycles. The monoisotopic (exact) mass is 302 g/mol. The Morgan fingerprint density at radius 3 is 2.76 bits per heavy atom. The zero-order valence-corrected chi connectivity index (χ0v) is 12.7. The van der Waals surface area contributed by atoms with Crippen LogP contribution < -0.4 is 11.3 Å². The first-order valence-corrected chi connectivity index (χ1v) is 8.05. The molecule has 1 aliphatic heterocycles. The maximum absolute atomic E-state index is 5.78. The van der Waals surface area contributed by atoms with Crippen molar-refractivity contribution >= 4 is 17.6 Å². The van der Waals surface area contributed by atoms with Crippen LogP contribution in [-0.4, -0.2) is 28.1 Å². The van der Waals surface area contributed by atoms with Crippen LogP contribution in [0.3, 0.4) is 0 Å². The summed E-state index contributed by atoms with van der Waals surface area (Å²) in [7, 11) is 0. The van der Waals surface area contributed by atoms with E-state index in [2.05, 4.69) is 10.4 Å². The van der Waals surface area contributed by atoms with Gasteiger partial charge in [0.2, 0.25) is 0 Å². The SMILES string of the molecule is Cc1c(NN)nc(C2CSCCO2)nc1-c1ccccc1. The van der Waals surface area contributed by atoms with Crippen LogP contribution in [0, 0.1) is 6.92 Å². The van der Waals surface area contributed by atoms with Gasteiger partial charge in [-0.15, -0.1) is 0 Å². The topological polar surface area (TPSA) is 73.1 Å². The summed E-state index contributed by atoms with van der Waals surface area (Å²) >= 11 is 1.86. The predicted octanol–water partition coefficient (Wildman–Crippen LogP) is 2.54. The summed E-state index contributed by atoms with van der Waals surface area (Å²) in [6.45, 7) is 2.70. The molecule has 1 fully saturated rings. The average Bonchev–Trinajstić information content (AvgIpc) is 2.56. The van der Waals surface area contributed by atoms with Gasteiger partial charge < -0.3 is 10.2 Å². The molecular weight excluding hydrogens is 284 g/mol. The summed E-state index contributed by atoms with van der Waals surface area (Å²) in [5, 5.41) is 0. The van der Waals surface area contributed by atoms with Crippen molar-refractivity contribution in [1.29, 1.82) is 0 Å². The van der Waals surface area contributed by atoms with Crippen LogP contribution in [0.2, 0.25) is 0 Å². The second kappa shape index (κ2) is 6.43. The summed E-state index contributed by atoms with van der Waals surface area (Å²) in [4.78, 5) is 9.24. The van der Waals surface area contributed by atoms with E-state index >= 15 is 0 Å². The van der Waals surface area contributed by atoms with Crippen LogP contribution in [0.1, 0.15) is 17.5 Å². The molecule has 0 bridgehead atoms. The Kier molecular flexibility index (Phi) is 4.38. The second-order valence-corrected chi connectivity index (χ2v) is 6.00. The molecule has 5 nitrogen and oxygen atoms in total. The quantitative estimate of drug-likeness (QED) is 0.670. The van der Waals surface area contributed by atoms with E-state index in [0.29, 0.717) is 11.6 Å². The fraction of sp³-hybridized carbons (Fsp3) is 0.333. The van der Waals surface area contributed by atoms with Gasteiger partial charge in [-0.1, -0.05) is 30.3 Å². The van der Waals surface area contributed by atoms with Gasteiger partial charge in [0, 0.05) is 22.6 Å². The summed E-state index contributed by atoms with van der Waals surface area (Å²) < 4.78 is 5.78. The lowest BCUT2D eigenvalue weighted by atomic mass is 10.1. The number of hydrogen-bond acceptors (Lipinski definition) is 6. The molecule has 2 aromatic rings. The Bertz CT molecular complexity index is 615. The Labute approximate surface area is 128 Å². The van der Waals surface area contributed by atoms with Crippen LogP contribution in [0.5, 0.6) is 0 Å². The van der Waals surface area contributed by atoms with Crippen molar-refractivity contribution in [3.8, 4) is 11.3 Å². The highest BCUT2D eigenvalue weighted by Crippen LogP contribution is 2.30. The van der Waals surface area contributed by atoms with Gasteiger partial charge in [-0.05, 0) is 6.92 Å². The number of aromatic nitrogens is 2. The van der Waals surface area contributed by atoms with Crippen LogP contribution >= 0.6 is 11.8 Å². The first-order valence-electron chi connectivity index (χ1n) is 6.89. The van der Waals surface area contributed by atoms with Gasteiger partial charge in [0.15, 0.2) is 5.82 Å². The van der Waals surface area contributed by atoms with E-state index in [1.54, 1.807) is 0 Å². The first-order chi connectivity index (χ1) is 10.3. The van der Waals surface area contributed by atoms with Gasteiger partial charge in [-0.3, -0.25) is 0 Å². The largest absolute Gasteiger partial charge is 0.368 e. The average molecular weight is 302 g/mol. The highest BCUT2D eigenvalue weighted by molar-refractivity contribution is 7.99. The summed E-state index contributed by atoms with van der Waals surface area (Å²) in [6, 6.07) is 10.1. The van der Waals surface area contributed by atoms with Gasteiger partial charge in [0.1, 0.15) is 11.9 Å². The maximum atomic E-state index is 5.78. The van der Waals surface area contributed by atoms with Crippen LogP contribution in [-0.2, 0) is 4.74 Å². The van der Waals surface area contributed by atoms with Crippen molar-refractivity contribution in [1.82, 2.24) is 9.97 Å². The highest BCUT2D eigenvalue weighted by atomic mass is 32.2. The van der Waals surface area contributed by atoms with Crippen molar-refractivity contribution in [2.24, 2.45) is 5.84 Å². The molecule has 0 radical (unpaired) electrons. The fourth-order valence-electron chi connectivity index (χ4n) is 2.33. The van der Waals surface area contributed by atoms with Gasteiger partial charge >= 0.3 is 0 Å². The lowest BCUT2D eigenvalue weighted by Crippen LogP contribution is -2.20. The molecular formula is C15H18N4OS. The number of thioether (sulfide) groups is 1. The lowest BCUT2D eigenvalue weighted by molar-refractivity contribution is 0.0696. The molecule has 1 aliphatic rings. The normalized spacial score (nSPS) is 18.5. The standard InChI is InChI=1S/C15H18N4OS/c1-10-13(11-5-3-2-4-6-11)17-15(18-14(10)19-16)12-9-21-8-7-20-12/h2-6,12H,7-9,16H2,1H3,(H,17,18,19). The third kappa shape index (κ3) is 3.02. The van der Waals surface area contributed by atoms with Crippen LogP contribution in [0.4, 0.5) is 5.82 Å². The Balaban J connectivity index is 2.06. The van der Waals surface area contributed by atoms with Crippen molar-refractivity contribution < 1.29 is 4.74 Å². The van der Waals surface area contributed by atoms with E-state index in [1.807, 2.05) is 49.0 Å². The Hall–Kier alpha value is -1.63.